The highest BCUT2D eigenvalue weighted by Crippen LogP contribution is 2.26. The minimum Gasteiger partial charge on any atom is -0.497 e. The lowest BCUT2D eigenvalue weighted by molar-refractivity contribution is -0.384. The molecule has 1 fully saturated rings. The van der Waals surface area contributed by atoms with Crippen molar-refractivity contribution in [1.82, 2.24) is 20.0 Å². The lowest BCUT2D eigenvalue weighted by atomic mass is 10.2. The highest BCUT2D eigenvalue weighted by Gasteiger charge is 2.25. The molecule has 0 unspecified atom stereocenters. The number of anilines is 1. The topological polar surface area (TPSA) is 111 Å². The number of nitrogens with zero attached hydrogens (tertiary/aromatic N) is 6. The van der Waals surface area contributed by atoms with E-state index in [1.54, 1.807) is 19.4 Å². The summed E-state index contributed by atoms with van der Waals surface area (Å²) in [6.45, 7) is 3.23. The molecule has 0 N–H and O–H groups in total. The standard InChI is InChI=1S/C19H20N6O4/c1-28-15-6-4-14(5-7-15)18-21-17(29-22-18)13-23-9-11-24(12-10-23)19-16(25(26)27)3-2-8-20-19/h2-8H,9-13H2,1H3. The van der Waals surface area contributed by atoms with E-state index < -0.39 is 4.92 Å². The van der Waals surface area contributed by atoms with Crippen molar-refractivity contribution in [2.24, 2.45) is 0 Å². The van der Waals surface area contributed by atoms with Crippen LogP contribution in [0.4, 0.5) is 11.5 Å². The van der Waals surface area contributed by atoms with Gasteiger partial charge in [-0.15, -0.1) is 0 Å². The molecule has 3 aromatic rings. The first-order chi connectivity index (χ1) is 14.1. The molecule has 1 aromatic carbocycles. The van der Waals surface area contributed by atoms with Crippen LogP contribution in [0, 0.1) is 10.1 Å². The highest BCUT2D eigenvalue weighted by atomic mass is 16.6. The summed E-state index contributed by atoms with van der Waals surface area (Å²) in [4.78, 5) is 23.6. The van der Waals surface area contributed by atoms with Crippen molar-refractivity contribution in [2.45, 2.75) is 6.54 Å². The van der Waals surface area contributed by atoms with Gasteiger partial charge >= 0.3 is 5.69 Å². The van der Waals surface area contributed by atoms with E-state index >= 15 is 0 Å². The van der Waals surface area contributed by atoms with Crippen LogP contribution in [0.5, 0.6) is 5.75 Å². The second-order valence-corrected chi connectivity index (χ2v) is 6.61. The number of aromatic nitrogens is 3. The van der Waals surface area contributed by atoms with Gasteiger partial charge in [0.25, 0.3) is 0 Å². The van der Waals surface area contributed by atoms with Gasteiger partial charge in [-0.25, -0.2) is 4.98 Å². The average molecular weight is 396 g/mol. The van der Waals surface area contributed by atoms with E-state index in [1.807, 2.05) is 29.2 Å². The van der Waals surface area contributed by atoms with Crippen molar-refractivity contribution in [1.29, 1.82) is 0 Å². The van der Waals surface area contributed by atoms with Crippen molar-refractivity contribution in [3.8, 4) is 17.1 Å². The number of ether oxygens (including phenoxy) is 1. The van der Waals surface area contributed by atoms with Gasteiger partial charge in [0.2, 0.25) is 17.5 Å². The molecule has 0 aliphatic carbocycles. The summed E-state index contributed by atoms with van der Waals surface area (Å²) in [5.41, 5.74) is 0.884. The quantitative estimate of drug-likeness (QED) is 0.458. The molecule has 1 saturated heterocycles. The van der Waals surface area contributed by atoms with Gasteiger partial charge in [0.15, 0.2) is 0 Å². The number of benzene rings is 1. The van der Waals surface area contributed by atoms with E-state index in [0.29, 0.717) is 50.3 Å². The molecular formula is C19H20N6O4. The number of hydrogen-bond acceptors (Lipinski definition) is 9. The Balaban J connectivity index is 1.37. The SMILES string of the molecule is COc1ccc(-c2noc(CN3CCN(c4ncccc4[N+](=O)[O-])CC3)n2)cc1. The average Bonchev–Trinajstić information content (AvgIpc) is 3.23. The van der Waals surface area contributed by atoms with Gasteiger partial charge < -0.3 is 14.2 Å². The molecule has 1 aliphatic heterocycles. The van der Waals surface area contributed by atoms with Crippen LogP contribution in [-0.4, -0.2) is 58.2 Å². The predicted molar refractivity (Wildman–Crippen MR) is 105 cm³/mol. The number of nitro groups is 1. The van der Waals surface area contributed by atoms with Crippen molar-refractivity contribution in [3.05, 3.63) is 58.6 Å². The number of piperazine rings is 1. The van der Waals surface area contributed by atoms with Crippen LogP contribution in [-0.2, 0) is 6.54 Å². The molecule has 150 valence electrons. The van der Waals surface area contributed by atoms with Gasteiger partial charge in [-0.3, -0.25) is 15.0 Å². The monoisotopic (exact) mass is 396 g/mol. The van der Waals surface area contributed by atoms with Crippen molar-refractivity contribution in [3.63, 3.8) is 0 Å². The molecule has 2 aromatic heterocycles. The molecule has 0 atom stereocenters. The van der Waals surface area contributed by atoms with Gasteiger partial charge in [0.05, 0.1) is 18.6 Å². The predicted octanol–water partition coefficient (Wildman–Crippen LogP) is 2.37. The van der Waals surface area contributed by atoms with E-state index in [-0.39, 0.29) is 5.69 Å². The third kappa shape index (κ3) is 4.16. The Kier molecular flexibility index (Phi) is 5.34. The van der Waals surface area contributed by atoms with Crippen molar-refractivity contribution in [2.75, 3.05) is 38.2 Å². The molecule has 10 heteroatoms. The Hall–Kier alpha value is -3.53. The van der Waals surface area contributed by atoms with Crippen LogP contribution in [0.25, 0.3) is 11.4 Å². The maximum absolute atomic E-state index is 11.2. The number of hydrogen-bond donors (Lipinski definition) is 0. The van der Waals surface area contributed by atoms with Crippen LogP contribution in [0.3, 0.4) is 0 Å². The fourth-order valence-corrected chi connectivity index (χ4v) is 3.26. The van der Waals surface area contributed by atoms with Crippen molar-refractivity contribution >= 4 is 11.5 Å². The van der Waals surface area contributed by atoms with E-state index in [0.717, 1.165) is 11.3 Å². The Bertz CT molecular complexity index is 982. The number of pyridine rings is 1. The van der Waals surface area contributed by atoms with Crippen LogP contribution >= 0.6 is 0 Å². The van der Waals surface area contributed by atoms with Gasteiger partial charge in [-0.1, -0.05) is 5.16 Å². The zero-order valence-corrected chi connectivity index (χ0v) is 15.9. The molecule has 4 rings (SSSR count). The summed E-state index contributed by atoms with van der Waals surface area (Å²) in [5.74, 6) is 2.25. The molecule has 0 bridgehead atoms. The first-order valence-corrected chi connectivity index (χ1v) is 9.18. The minimum absolute atomic E-state index is 0.0296. The summed E-state index contributed by atoms with van der Waals surface area (Å²) in [5, 5.41) is 15.3. The maximum atomic E-state index is 11.2. The molecule has 0 amide bonds. The molecular weight excluding hydrogens is 376 g/mol. The summed E-state index contributed by atoms with van der Waals surface area (Å²) in [6.07, 6.45) is 1.58. The zero-order valence-electron chi connectivity index (χ0n) is 15.9. The lowest BCUT2D eigenvalue weighted by Gasteiger charge is -2.34. The van der Waals surface area contributed by atoms with Crippen molar-refractivity contribution < 1.29 is 14.2 Å². The lowest BCUT2D eigenvalue weighted by Crippen LogP contribution is -2.46. The Morgan fingerprint density at radius 3 is 2.62 bits per heavy atom. The first kappa shape index (κ1) is 18.8. The van der Waals surface area contributed by atoms with Crippen LogP contribution in [0.15, 0.2) is 47.1 Å². The summed E-state index contributed by atoms with van der Waals surface area (Å²) < 4.78 is 10.5. The number of rotatable bonds is 6. The maximum Gasteiger partial charge on any atom is 0.311 e. The van der Waals surface area contributed by atoms with E-state index in [4.69, 9.17) is 9.26 Å². The van der Waals surface area contributed by atoms with E-state index in [2.05, 4.69) is 20.0 Å². The van der Waals surface area contributed by atoms with Gasteiger partial charge in [-0.05, 0) is 30.3 Å². The molecule has 0 saturated carbocycles. The summed E-state index contributed by atoms with van der Waals surface area (Å²) in [7, 11) is 1.62. The highest BCUT2D eigenvalue weighted by molar-refractivity contribution is 5.57. The zero-order chi connectivity index (χ0) is 20.2. The van der Waals surface area contributed by atoms with Crippen LogP contribution in [0.1, 0.15) is 5.89 Å². The normalized spacial score (nSPS) is 14.7. The Morgan fingerprint density at radius 1 is 1.17 bits per heavy atom. The molecule has 10 nitrogen and oxygen atoms in total. The Morgan fingerprint density at radius 2 is 1.93 bits per heavy atom. The summed E-state index contributed by atoms with van der Waals surface area (Å²) >= 11 is 0. The molecule has 1 aliphatic rings. The third-order valence-electron chi connectivity index (χ3n) is 4.81. The fourth-order valence-electron chi connectivity index (χ4n) is 3.26. The second-order valence-electron chi connectivity index (χ2n) is 6.61. The fraction of sp³-hybridized carbons (Fsp3) is 0.316. The number of methoxy groups -OCH3 is 1. The first-order valence-electron chi connectivity index (χ1n) is 9.18. The third-order valence-corrected chi connectivity index (χ3v) is 4.81. The molecule has 0 radical (unpaired) electrons. The molecule has 29 heavy (non-hydrogen) atoms. The van der Waals surface area contributed by atoms with E-state index in [9.17, 15) is 10.1 Å². The van der Waals surface area contributed by atoms with Crippen LogP contribution < -0.4 is 9.64 Å². The second kappa shape index (κ2) is 8.23. The minimum atomic E-state index is -0.395. The van der Waals surface area contributed by atoms with E-state index in [1.165, 1.54) is 6.07 Å². The van der Waals surface area contributed by atoms with Crippen LogP contribution in [0.2, 0.25) is 0 Å². The van der Waals surface area contributed by atoms with Gasteiger partial charge in [0.1, 0.15) is 5.75 Å². The molecule has 0 spiro atoms. The van der Waals surface area contributed by atoms with Gasteiger partial charge in [-0.2, -0.15) is 4.98 Å². The Labute approximate surface area is 166 Å². The van der Waals surface area contributed by atoms with Gasteiger partial charge in [0, 0.05) is 44.0 Å². The largest absolute Gasteiger partial charge is 0.497 e. The smallest absolute Gasteiger partial charge is 0.311 e. The summed E-state index contributed by atoms with van der Waals surface area (Å²) in [6, 6.07) is 10.5. The molecule has 3 heterocycles.